The van der Waals surface area contributed by atoms with E-state index in [2.05, 4.69) is 45.0 Å². The van der Waals surface area contributed by atoms with E-state index in [1.807, 2.05) is 0 Å². The van der Waals surface area contributed by atoms with Gasteiger partial charge in [0.1, 0.15) is 0 Å². The molecular weight excluding hydrogens is 220 g/mol. The molecule has 2 nitrogen and oxygen atoms in total. The molecule has 0 spiro atoms. The quantitative estimate of drug-likeness (QED) is 0.641. The van der Waals surface area contributed by atoms with Crippen LogP contribution in [0.4, 0.5) is 0 Å². The van der Waals surface area contributed by atoms with Gasteiger partial charge in [0.15, 0.2) is 0 Å². The third kappa shape index (κ3) is 5.71. The van der Waals surface area contributed by atoms with Gasteiger partial charge in [0.2, 0.25) is 0 Å². The molecular formula is C16H34N2. The molecule has 0 bridgehead atoms. The summed E-state index contributed by atoms with van der Waals surface area (Å²) >= 11 is 0. The molecule has 1 aliphatic rings. The van der Waals surface area contributed by atoms with E-state index >= 15 is 0 Å². The molecule has 1 N–H and O–H groups in total. The summed E-state index contributed by atoms with van der Waals surface area (Å²) < 4.78 is 0. The van der Waals surface area contributed by atoms with Crippen LogP contribution in [0.2, 0.25) is 0 Å². The van der Waals surface area contributed by atoms with Crippen molar-refractivity contribution < 1.29 is 0 Å². The molecule has 18 heavy (non-hydrogen) atoms. The van der Waals surface area contributed by atoms with Crippen LogP contribution < -0.4 is 5.32 Å². The lowest BCUT2D eigenvalue weighted by atomic mass is 9.84. The van der Waals surface area contributed by atoms with E-state index in [1.165, 1.54) is 45.2 Å². The van der Waals surface area contributed by atoms with Crippen LogP contribution >= 0.6 is 0 Å². The summed E-state index contributed by atoms with van der Waals surface area (Å²) in [6.07, 6.45) is 6.83. The zero-order valence-electron chi connectivity index (χ0n) is 13.3. The third-order valence-electron chi connectivity index (χ3n) is 4.10. The second-order valence-corrected chi connectivity index (χ2v) is 6.98. The van der Waals surface area contributed by atoms with Gasteiger partial charge in [0.05, 0.1) is 0 Å². The van der Waals surface area contributed by atoms with Crippen LogP contribution in [0.25, 0.3) is 0 Å². The lowest BCUT2D eigenvalue weighted by molar-refractivity contribution is 0.139. The molecule has 1 aliphatic carbocycles. The Hall–Kier alpha value is -0.0800. The average Bonchev–Trinajstić information content (AvgIpc) is 3.08. The first-order valence-corrected chi connectivity index (χ1v) is 7.89. The van der Waals surface area contributed by atoms with Crippen LogP contribution in [-0.2, 0) is 0 Å². The Labute approximate surface area is 115 Å². The van der Waals surface area contributed by atoms with E-state index in [0.717, 1.165) is 18.5 Å². The Morgan fingerprint density at radius 1 is 1.33 bits per heavy atom. The Kier molecular flexibility index (Phi) is 6.65. The van der Waals surface area contributed by atoms with Gasteiger partial charge in [0.25, 0.3) is 0 Å². The summed E-state index contributed by atoms with van der Waals surface area (Å²) in [4.78, 5) is 2.77. The smallest absolute Gasteiger partial charge is 0.00966 e. The Morgan fingerprint density at radius 3 is 2.44 bits per heavy atom. The molecule has 0 radical (unpaired) electrons. The predicted octanol–water partition coefficient (Wildman–Crippen LogP) is 3.52. The normalized spacial score (nSPS) is 19.5. The second-order valence-electron chi connectivity index (χ2n) is 6.98. The molecule has 1 unspecified atom stereocenters. The van der Waals surface area contributed by atoms with Crippen molar-refractivity contribution in [1.82, 2.24) is 10.2 Å². The van der Waals surface area contributed by atoms with Crippen LogP contribution in [0.1, 0.15) is 59.8 Å². The van der Waals surface area contributed by atoms with Crippen molar-refractivity contribution in [3.63, 3.8) is 0 Å². The first kappa shape index (κ1) is 16.0. The summed E-state index contributed by atoms with van der Waals surface area (Å²) in [6.45, 7) is 13.2. The van der Waals surface area contributed by atoms with Gasteiger partial charge >= 0.3 is 0 Å². The van der Waals surface area contributed by atoms with E-state index in [0.29, 0.717) is 5.41 Å². The summed E-state index contributed by atoms with van der Waals surface area (Å²) in [5.74, 6) is 0.827. The third-order valence-corrected chi connectivity index (χ3v) is 4.10. The van der Waals surface area contributed by atoms with Gasteiger partial charge in [-0.15, -0.1) is 0 Å². The predicted molar refractivity (Wildman–Crippen MR) is 81.0 cm³/mol. The monoisotopic (exact) mass is 254 g/mol. The minimum Gasteiger partial charge on any atom is -0.319 e. The van der Waals surface area contributed by atoms with E-state index in [4.69, 9.17) is 0 Å². The van der Waals surface area contributed by atoms with Crippen molar-refractivity contribution in [2.24, 2.45) is 11.3 Å². The molecule has 0 saturated heterocycles. The Morgan fingerprint density at radius 2 is 2.00 bits per heavy atom. The van der Waals surface area contributed by atoms with Crippen molar-refractivity contribution in [3.05, 3.63) is 0 Å². The maximum Gasteiger partial charge on any atom is 0.00966 e. The first-order valence-electron chi connectivity index (χ1n) is 7.89. The Balaban J connectivity index is 2.50. The fourth-order valence-corrected chi connectivity index (χ4v) is 3.00. The largest absolute Gasteiger partial charge is 0.319 e. The van der Waals surface area contributed by atoms with Gasteiger partial charge in [-0.3, -0.25) is 4.90 Å². The fourth-order valence-electron chi connectivity index (χ4n) is 3.00. The van der Waals surface area contributed by atoms with Gasteiger partial charge < -0.3 is 5.32 Å². The van der Waals surface area contributed by atoms with E-state index in [9.17, 15) is 0 Å². The number of hydrogen-bond acceptors (Lipinski definition) is 2. The Bertz CT molecular complexity index is 215. The standard InChI is InChI=1S/C16H34N2/c1-6-10-16(4,12-17-5)13-18(15-7-8-15)11-9-14(2)3/h14-15,17H,6-13H2,1-5H3. The van der Waals surface area contributed by atoms with Gasteiger partial charge in [-0.2, -0.15) is 0 Å². The van der Waals surface area contributed by atoms with Crippen LogP contribution in [-0.4, -0.2) is 37.6 Å². The molecule has 0 heterocycles. The van der Waals surface area contributed by atoms with Crippen LogP contribution in [0.15, 0.2) is 0 Å². The van der Waals surface area contributed by atoms with Crippen molar-refractivity contribution >= 4 is 0 Å². The van der Waals surface area contributed by atoms with Crippen molar-refractivity contribution in [2.45, 2.75) is 65.8 Å². The molecule has 2 heteroatoms. The minimum atomic E-state index is 0.447. The highest BCUT2D eigenvalue weighted by Crippen LogP contribution is 2.32. The topological polar surface area (TPSA) is 15.3 Å². The molecule has 0 aromatic heterocycles. The highest BCUT2D eigenvalue weighted by molar-refractivity contribution is 4.89. The number of nitrogens with one attached hydrogen (secondary N) is 1. The lowest BCUT2D eigenvalue weighted by Crippen LogP contribution is -2.43. The molecule has 0 aromatic rings. The van der Waals surface area contributed by atoms with Gasteiger partial charge in [-0.1, -0.05) is 34.1 Å². The van der Waals surface area contributed by atoms with Gasteiger partial charge in [-0.25, -0.2) is 0 Å². The molecule has 1 rings (SSSR count). The van der Waals surface area contributed by atoms with Gasteiger partial charge in [-0.05, 0) is 50.6 Å². The summed E-state index contributed by atoms with van der Waals surface area (Å²) in [5.41, 5.74) is 0.447. The molecule has 108 valence electrons. The maximum atomic E-state index is 3.40. The first-order chi connectivity index (χ1) is 8.50. The average molecular weight is 254 g/mol. The van der Waals surface area contributed by atoms with Crippen LogP contribution in [0.5, 0.6) is 0 Å². The minimum absolute atomic E-state index is 0.447. The molecule has 0 amide bonds. The molecule has 1 fully saturated rings. The zero-order valence-corrected chi connectivity index (χ0v) is 13.3. The highest BCUT2D eigenvalue weighted by atomic mass is 15.2. The molecule has 1 atom stereocenters. The van der Waals surface area contributed by atoms with Crippen molar-refractivity contribution in [1.29, 1.82) is 0 Å². The maximum absolute atomic E-state index is 3.40. The van der Waals surface area contributed by atoms with Crippen LogP contribution in [0.3, 0.4) is 0 Å². The van der Waals surface area contributed by atoms with Crippen molar-refractivity contribution in [3.8, 4) is 0 Å². The molecule has 0 aromatic carbocycles. The van der Waals surface area contributed by atoms with E-state index in [-0.39, 0.29) is 0 Å². The molecule has 1 saturated carbocycles. The fraction of sp³-hybridized carbons (Fsp3) is 1.00. The van der Waals surface area contributed by atoms with E-state index in [1.54, 1.807) is 0 Å². The number of rotatable bonds is 10. The van der Waals surface area contributed by atoms with E-state index < -0.39 is 0 Å². The lowest BCUT2D eigenvalue weighted by Gasteiger charge is -2.36. The molecule has 0 aliphatic heterocycles. The van der Waals surface area contributed by atoms with Crippen molar-refractivity contribution in [2.75, 3.05) is 26.7 Å². The highest BCUT2D eigenvalue weighted by Gasteiger charge is 2.34. The SMILES string of the molecule is CCCC(C)(CNC)CN(CCC(C)C)C1CC1. The summed E-state index contributed by atoms with van der Waals surface area (Å²) in [7, 11) is 2.09. The second kappa shape index (κ2) is 7.49. The van der Waals surface area contributed by atoms with Gasteiger partial charge in [0, 0.05) is 19.1 Å². The zero-order chi connectivity index (χ0) is 13.6. The van der Waals surface area contributed by atoms with Crippen LogP contribution in [0, 0.1) is 11.3 Å². The number of nitrogens with zero attached hydrogens (tertiary/aromatic N) is 1. The number of hydrogen-bond donors (Lipinski definition) is 1. The summed E-state index contributed by atoms with van der Waals surface area (Å²) in [6, 6.07) is 0.900. The summed E-state index contributed by atoms with van der Waals surface area (Å²) in [5, 5.41) is 3.40.